The number of aliphatic imine (C=N–C) groups is 1. The lowest BCUT2D eigenvalue weighted by Crippen LogP contribution is -2.63. The van der Waals surface area contributed by atoms with Gasteiger partial charge < -0.3 is 9.80 Å². The van der Waals surface area contributed by atoms with Crippen LogP contribution in [0.4, 0.5) is 9.18 Å². The monoisotopic (exact) mass is 362 g/mol. The Bertz CT molecular complexity index is 750. The highest BCUT2D eigenvalue weighted by Gasteiger charge is 2.48. The predicted molar refractivity (Wildman–Crippen MR) is 95.5 cm³/mol. The van der Waals surface area contributed by atoms with Crippen LogP contribution in [0, 0.1) is 5.82 Å². The Balaban J connectivity index is 1.81. The SMILES string of the molecule is C=C(C)CN1C(SCc2ccc(F)cc2)=NC2C1C(=O)NC(=O)N2C. The van der Waals surface area contributed by atoms with Crippen LogP contribution in [0.2, 0.25) is 0 Å². The minimum absolute atomic E-state index is 0.279. The fourth-order valence-electron chi connectivity index (χ4n) is 2.81. The van der Waals surface area contributed by atoms with Gasteiger partial charge >= 0.3 is 6.03 Å². The Morgan fingerprint density at radius 1 is 1.36 bits per heavy atom. The lowest BCUT2D eigenvalue weighted by Gasteiger charge is -2.36. The molecule has 1 saturated heterocycles. The number of amides is 3. The molecule has 2 atom stereocenters. The number of nitrogens with one attached hydrogen (secondary N) is 1. The number of fused-ring (bicyclic) bond motifs is 1. The van der Waals surface area contributed by atoms with E-state index in [1.165, 1.54) is 28.8 Å². The van der Waals surface area contributed by atoms with E-state index >= 15 is 0 Å². The van der Waals surface area contributed by atoms with Gasteiger partial charge in [-0.25, -0.2) is 14.2 Å². The van der Waals surface area contributed by atoms with E-state index in [0.29, 0.717) is 17.5 Å². The summed E-state index contributed by atoms with van der Waals surface area (Å²) in [6, 6.07) is 5.26. The summed E-state index contributed by atoms with van der Waals surface area (Å²) in [5, 5.41) is 3.04. The van der Waals surface area contributed by atoms with Crippen LogP contribution in [0.5, 0.6) is 0 Å². The maximum Gasteiger partial charge on any atom is 0.325 e. The fraction of sp³-hybridized carbons (Fsp3) is 0.353. The molecule has 1 aromatic rings. The summed E-state index contributed by atoms with van der Waals surface area (Å²) in [5.74, 6) is -0.0426. The summed E-state index contributed by atoms with van der Waals surface area (Å²) in [5.41, 5.74) is 1.84. The van der Waals surface area contributed by atoms with E-state index in [4.69, 9.17) is 0 Å². The lowest BCUT2D eigenvalue weighted by atomic mass is 10.1. The first kappa shape index (κ1) is 17.5. The summed E-state index contributed by atoms with van der Waals surface area (Å²) in [4.78, 5) is 32.1. The third kappa shape index (κ3) is 3.53. The number of carbonyl (C=O) groups excluding carboxylic acids is 2. The molecule has 0 radical (unpaired) electrons. The Kier molecular flexibility index (Phi) is 4.80. The van der Waals surface area contributed by atoms with Crippen LogP contribution in [-0.2, 0) is 10.5 Å². The van der Waals surface area contributed by atoms with Crippen molar-refractivity contribution < 1.29 is 14.0 Å². The molecule has 6 nitrogen and oxygen atoms in total. The molecule has 0 bridgehead atoms. The van der Waals surface area contributed by atoms with Gasteiger partial charge in [0.15, 0.2) is 17.4 Å². The average Bonchev–Trinajstić information content (AvgIpc) is 2.91. The molecule has 25 heavy (non-hydrogen) atoms. The zero-order chi connectivity index (χ0) is 18.1. The molecule has 3 rings (SSSR count). The maximum atomic E-state index is 13.0. The van der Waals surface area contributed by atoms with Gasteiger partial charge in [0, 0.05) is 19.3 Å². The van der Waals surface area contributed by atoms with Crippen molar-refractivity contribution in [3.8, 4) is 0 Å². The third-order valence-corrected chi connectivity index (χ3v) is 5.12. The second-order valence-corrected chi connectivity index (χ2v) is 7.12. The van der Waals surface area contributed by atoms with Crippen LogP contribution in [0.3, 0.4) is 0 Å². The van der Waals surface area contributed by atoms with Gasteiger partial charge in [-0.1, -0.05) is 36.0 Å². The van der Waals surface area contributed by atoms with Crippen LogP contribution in [0.1, 0.15) is 12.5 Å². The van der Waals surface area contributed by atoms with Crippen molar-refractivity contribution in [2.24, 2.45) is 4.99 Å². The van der Waals surface area contributed by atoms with Gasteiger partial charge in [0.05, 0.1) is 0 Å². The molecule has 132 valence electrons. The topological polar surface area (TPSA) is 65.0 Å². The van der Waals surface area contributed by atoms with Gasteiger partial charge in [-0.05, 0) is 24.6 Å². The Morgan fingerprint density at radius 3 is 2.68 bits per heavy atom. The first-order valence-corrected chi connectivity index (χ1v) is 8.79. The number of urea groups is 1. The summed E-state index contributed by atoms with van der Waals surface area (Å²) in [6.07, 6.45) is -0.545. The fourth-order valence-corrected chi connectivity index (χ4v) is 3.82. The normalized spacial score (nSPS) is 22.6. The molecule has 2 heterocycles. The number of thioether (sulfide) groups is 1. The summed E-state index contributed by atoms with van der Waals surface area (Å²) < 4.78 is 13.0. The highest BCUT2D eigenvalue weighted by atomic mass is 32.2. The number of halogens is 1. The summed E-state index contributed by atoms with van der Waals surface area (Å²) in [7, 11) is 1.62. The highest BCUT2D eigenvalue weighted by molar-refractivity contribution is 8.13. The first-order chi connectivity index (χ1) is 11.9. The number of imide groups is 1. The van der Waals surface area contributed by atoms with E-state index in [-0.39, 0.29) is 11.7 Å². The molecule has 0 spiro atoms. The number of carbonyl (C=O) groups is 2. The van der Waals surface area contributed by atoms with Crippen molar-refractivity contribution in [2.45, 2.75) is 24.9 Å². The molecule has 0 aromatic heterocycles. The summed E-state index contributed by atoms with van der Waals surface area (Å²) in [6.45, 7) is 6.28. The Hall–Kier alpha value is -2.35. The number of hydrogen-bond donors (Lipinski definition) is 1. The standard InChI is InChI=1S/C17H19FN4O2S/c1-10(2)8-22-13-14(21(3)16(24)20-15(13)23)19-17(22)25-9-11-4-6-12(18)7-5-11/h4-7,13-14H,1,8-9H2,2-3H3,(H,20,23,24). The van der Waals surface area contributed by atoms with E-state index in [1.807, 2.05) is 11.8 Å². The second kappa shape index (κ2) is 6.87. The van der Waals surface area contributed by atoms with E-state index < -0.39 is 18.2 Å². The van der Waals surface area contributed by atoms with Crippen molar-refractivity contribution in [3.05, 3.63) is 47.8 Å². The van der Waals surface area contributed by atoms with Crippen molar-refractivity contribution in [3.63, 3.8) is 0 Å². The molecule has 1 N–H and O–H groups in total. The molecular formula is C17H19FN4O2S. The van der Waals surface area contributed by atoms with Crippen LogP contribution >= 0.6 is 11.8 Å². The van der Waals surface area contributed by atoms with E-state index in [0.717, 1.165) is 11.1 Å². The third-order valence-electron chi connectivity index (χ3n) is 4.04. The molecule has 1 aromatic carbocycles. The van der Waals surface area contributed by atoms with Crippen LogP contribution in [-0.4, -0.2) is 52.7 Å². The maximum absolute atomic E-state index is 13.0. The van der Waals surface area contributed by atoms with Crippen LogP contribution in [0.15, 0.2) is 41.4 Å². The molecule has 8 heteroatoms. The zero-order valence-electron chi connectivity index (χ0n) is 14.0. The lowest BCUT2D eigenvalue weighted by molar-refractivity contribution is -0.126. The smallest absolute Gasteiger partial charge is 0.325 e. The van der Waals surface area contributed by atoms with Crippen LogP contribution < -0.4 is 5.32 Å². The Morgan fingerprint density at radius 2 is 2.04 bits per heavy atom. The second-order valence-electron chi connectivity index (χ2n) is 6.18. The van der Waals surface area contributed by atoms with Crippen molar-refractivity contribution >= 4 is 28.9 Å². The number of nitrogens with zero attached hydrogens (tertiary/aromatic N) is 3. The number of hydrogen-bond acceptors (Lipinski definition) is 5. The molecule has 0 aliphatic carbocycles. The van der Waals surface area contributed by atoms with Gasteiger partial charge in [-0.2, -0.15) is 0 Å². The molecule has 2 aliphatic heterocycles. The Labute approximate surface area is 149 Å². The van der Waals surface area contributed by atoms with Crippen molar-refractivity contribution in [1.29, 1.82) is 0 Å². The molecule has 2 aliphatic rings. The van der Waals surface area contributed by atoms with Crippen molar-refractivity contribution in [1.82, 2.24) is 15.1 Å². The van der Waals surface area contributed by atoms with Gasteiger partial charge in [0.1, 0.15) is 5.82 Å². The first-order valence-electron chi connectivity index (χ1n) is 7.80. The quantitative estimate of drug-likeness (QED) is 0.834. The molecule has 2 unspecified atom stereocenters. The highest BCUT2D eigenvalue weighted by Crippen LogP contribution is 2.30. The van der Waals surface area contributed by atoms with E-state index in [2.05, 4.69) is 16.9 Å². The molecule has 3 amide bonds. The zero-order valence-corrected chi connectivity index (χ0v) is 14.8. The minimum atomic E-state index is -0.560. The van der Waals surface area contributed by atoms with Crippen LogP contribution in [0.25, 0.3) is 0 Å². The number of rotatable bonds is 4. The summed E-state index contributed by atoms with van der Waals surface area (Å²) >= 11 is 1.46. The number of likely N-dealkylation sites (N-methyl/N-ethyl adjacent to an activating group) is 1. The number of amidine groups is 1. The van der Waals surface area contributed by atoms with E-state index in [9.17, 15) is 14.0 Å². The van der Waals surface area contributed by atoms with Gasteiger partial charge in [-0.3, -0.25) is 10.1 Å². The van der Waals surface area contributed by atoms with Gasteiger partial charge in [0.2, 0.25) is 0 Å². The largest absolute Gasteiger partial charge is 0.332 e. The van der Waals surface area contributed by atoms with Gasteiger partial charge in [0.25, 0.3) is 5.91 Å². The molecular weight excluding hydrogens is 343 g/mol. The average molecular weight is 362 g/mol. The minimum Gasteiger partial charge on any atom is -0.332 e. The molecule has 0 saturated carbocycles. The van der Waals surface area contributed by atoms with Gasteiger partial charge in [-0.15, -0.1) is 0 Å². The van der Waals surface area contributed by atoms with E-state index in [1.54, 1.807) is 19.2 Å². The van der Waals surface area contributed by atoms with Crippen molar-refractivity contribution in [2.75, 3.05) is 13.6 Å². The molecule has 1 fully saturated rings. The predicted octanol–water partition coefficient (Wildman–Crippen LogP) is 2.18. The number of benzene rings is 1.